The number of sulfonamides is 1. The van der Waals surface area contributed by atoms with E-state index < -0.39 is 10.0 Å². The Labute approximate surface area is 172 Å². The van der Waals surface area contributed by atoms with Crippen molar-refractivity contribution in [2.24, 2.45) is 0 Å². The molecule has 0 saturated carbocycles. The van der Waals surface area contributed by atoms with Gasteiger partial charge in [-0.05, 0) is 54.8 Å². The van der Waals surface area contributed by atoms with Gasteiger partial charge in [-0.3, -0.25) is 9.10 Å². The molecular formula is C21H28N2O3S2. The van der Waals surface area contributed by atoms with E-state index in [9.17, 15) is 13.2 Å². The maximum Gasteiger partial charge on any atom is 0.240 e. The van der Waals surface area contributed by atoms with E-state index in [1.165, 1.54) is 11.1 Å². The molecule has 5 nitrogen and oxygen atoms in total. The zero-order valence-corrected chi connectivity index (χ0v) is 18.3. The average Bonchev–Trinajstić information content (AvgIpc) is 2.63. The predicted octanol–water partition coefficient (Wildman–Crippen LogP) is 3.51. The van der Waals surface area contributed by atoms with Crippen LogP contribution in [0.3, 0.4) is 0 Å². The average molecular weight is 421 g/mol. The number of carbonyl (C=O) groups is 1. The summed E-state index contributed by atoms with van der Waals surface area (Å²) < 4.78 is 25.3. The topological polar surface area (TPSA) is 66.5 Å². The standard InChI is InChI=1S/C21H28N2O3S2/c1-17-8-6-11-20(14-17)23(28(3,25)26)15-21(24)22-12-7-13-27-16-19-10-5-4-9-18(19)2/h4-6,8-11,14H,7,12-13,15-16H2,1-3H3,(H,22,24). The van der Waals surface area contributed by atoms with Gasteiger partial charge >= 0.3 is 0 Å². The second kappa shape index (κ2) is 10.5. The second-order valence-corrected chi connectivity index (χ2v) is 9.80. The van der Waals surface area contributed by atoms with Gasteiger partial charge in [-0.2, -0.15) is 11.8 Å². The number of aryl methyl sites for hydroxylation is 2. The summed E-state index contributed by atoms with van der Waals surface area (Å²) in [6, 6.07) is 15.5. The van der Waals surface area contributed by atoms with Crippen LogP contribution in [0.2, 0.25) is 0 Å². The van der Waals surface area contributed by atoms with Crippen LogP contribution in [0.15, 0.2) is 48.5 Å². The van der Waals surface area contributed by atoms with Crippen LogP contribution in [-0.2, 0) is 20.6 Å². The molecule has 0 spiro atoms. The highest BCUT2D eigenvalue weighted by atomic mass is 32.2. The molecule has 0 fully saturated rings. The third-order valence-corrected chi connectivity index (χ3v) is 6.52. The first-order chi connectivity index (χ1) is 13.3. The van der Waals surface area contributed by atoms with E-state index in [1.54, 1.807) is 18.2 Å². The Hall–Kier alpha value is -1.99. The minimum absolute atomic E-state index is 0.210. The Morgan fingerprint density at radius 2 is 1.86 bits per heavy atom. The number of hydrogen-bond donors (Lipinski definition) is 1. The molecule has 2 aromatic rings. The van der Waals surface area contributed by atoms with Gasteiger partial charge in [0.25, 0.3) is 0 Å². The molecule has 0 heterocycles. The van der Waals surface area contributed by atoms with Crippen LogP contribution in [0.4, 0.5) is 5.69 Å². The SMILES string of the molecule is Cc1cccc(N(CC(=O)NCCCSCc2ccccc2C)S(C)(=O)=O)c1. The van der Waals surface area contributed by atoms with Gasteiger partial charge in [0.15, 0.2) is 0 Å². The summed E-state index contributed by atoms with van der Waals surface area (Å²) in [4.78, 5) is 12.2. The Morgan fingerprint density at radius 3 is 2.54 bits per heavy atom. The third-order valence-electron chi connectivity index (χ3n) is 4.28. The molecule has 0 radical (unpaired) electrons. The summed E-state index contributed by atoms with van der Waals surface area (Å²) in [7, 11) is -3.54. The predicted molar refractivity (Wildman–Crippen MR) is 118 cm³/mol. The third kappa shape index (κ3) is 7.20. The number of thioether (sulfide) groups is 1. The first kappa shape index (κ1) is 22.3. The number of hydrogen-bond acceptors (Lipinski definition) is 4. The summed E-state index contributed by atoms with van der Waals surface area (Å²) in [6.07, 6.45) is 1.95. The van der Waals surface area contributed by atoms with Crippen molar-refractivity contribution in [2.75, 3.05) is 29.4 Å². The molecule has 2 rings (SSSR count). The van der Waals surface area contributed by atoms with Gasteiger partial charge in [0.05, 0.1) is 11.9 Å². The lowest BCUT2D eigenvalue weighted by Gasteiger charge is -2.22. The van der Waals surface area contributed by atoms with Gasteiger partial charge in [0, 0.05) is 12.3 Å². The maximum absolute atomic E-state index is 12.2. The fraction of sp³-hybridized carbons (Fsp3) is 0.381. The lowest BCUT2D eigenvalue weighted by Crippen LogP contribution is -2.40. The highest BCUT2D eigenvalue weighted by Gasteiger charge is 2.20. The highest BCUT2D eigenvalue weighted by molar-refractivity contribution is 7.98. The number of benzene rings is 2. The molecular weight excluding hydrogens is 392 g/mol. The van der Waals surface area contributed by atoms with Crippen molar-refractivity contribution in [2.45, 2.75) is 26.0 Å². The first-order valence-corrected chi connectivity index (χ1v) is 12.2. The van der Waals surface area contributed by atoms with Crippen LogP contribution >= 0.6 is 11.8 Å². The summed E-state index contributed by atoms with van der Waals surface area (Å²) in [6.45, 7) is 4.32. The number of nitrogens with one attached hydrogen (secondary N) is 1. The molecule has 7 heteroatoms. The molecule has 0 saturated heterocycles. The highest BCUT2D eigenvalue weighted by Crippen LogP contribution is 2.19. The van der Waals surface area contributed by atoms with E-state index in [-0.39, 0.29) is 12.5 Å². The molecule has 0 aliphatic heterocycles. The van der Waals surface area contributed by atoms with Crippen LogP contribution < -0.4 is 9.62 Å². The molecule has 0 unspecified atom stereocenters. The Morgan fingerprint density at radius 1 is 1.11 bits per heavy atom. The monoisotopic (exact) mass is 420 g/mol. The van der Waals surface area contributed by atoms with E-state index >= 15 is 0 Å². The number of nitrogens with zero attached hydrogens (tertiary/aromatic N) is 1. The number of amides is 1. The van der Waals surface area contributed by atoms with Crippen molar-refractivity contribution in [1.29, 1.82) is 0 Å². The van der Waals surface area contributed by atoms with Crippen molar-refractivity contribution in [3.63, 3.8) is 0 Å². The van der Waals surface area contributed by atoms with Crippen LogP contribution in [0, 0.1) is 13.8 Å². The summed E-state index contributed by atoms with van der Waals surface area (Å²) in [5.74, 6) is 1.59. The van der Waals surface area contributed by atoms with Crippen molar-refractivity contribution in [3.8, 4) is 0 Å². The Balaban J connectivity index is 1.76. The second-order valence-electron chi connectivity index (χ2n) is 6.79. The minimum Gasteiger partial charge on any atom is -0.354 e. The normalized spacial score (nSPS) is 11.2. The van der Waals surface area contributed by atoms with Crippen LogP contribution in [0.1, 0.15) is 23.1 Å². The van der Waals surface area contributed by atoms with E-state index in [0.717, 1.165) is 34.1 Å². The van der Waals surface area contributed by atoms with Crippen LogP contribution in [0.5, 0.6) is 0 Å². The fourth-order valence-electron chi connectivity index (χ4n) is 2.73. The zero-order chi connectivity index (χ0) is 20.6. The van der Waals surface area contributed by atoms with E-state index in [0.29, 0.717) is 12.2 Å². The first-order valence-electron chi connectivity index (χ1n) is 9.20. The van der Waals surface area contributed by atoms with Gasteiger partial charge in [-0.15, -0.1) is 0 Å². The molecule has 152 valence electrons. The van der Waals surface area contributed by atoms with Crippen molar-refractivity contribution < 1.29 is 13.2 Å². The smallest absolute Gasteiger partial charge is 0.240 e. The number of carbonyl (C=O) groups excluding carboxylic acids is 1. The van der Waals surface area contributed by atoms with Crippen LogP contribution in [0.25, 0.3) is 0 Å². The van der Waals surface area contributed by atoms with Gasteiger partial charge in [-0.25, -0.2) is 8.42 Å². The largest absolute Gasteiger partial charge is 0.354 e. The molecule has 1 N–H and O–H groups in total. The van der Waals surface area contributed by atoms with Crippen LogP contribution in [-0.4, -0.2) is 39.4 Å². The number of anilines is 1. The Bertz CT molecular complexity index is 898. The van der Waals surface area contributed by atoms with Gasteiger partial charge in [0.2, 0.25) is 15.9 Å². The molecule has 2 aromatic carbocycles. The zero-order valence-electron chi connectivity index (χ0n) is 16.6. The Kier molecular flexibility index (Phi) is 8.38. The molecule has 0 atom stereocenters. The van der Waals surface area contributed by atoms with E-state index in [2.05, 4.69) is 24.4 Å². The quantitative estimate of drug-likeness (QED) is 0.598. The maximum atomic E-state index is 12.2. The fourth-order valence-corrected chi connectivity index (χ4v) is 4.61. The molecule has 0 aliphatic rings. The van der Waals surface area contributed by atoms with Gasteiger partial charge in [0.1, 0.15) is 6.54 Å². The van der Waals surface area contributed by atoms with E-state index in [1.807, 2.05) is 36.9 Å². The van der Waals surface area contributed by atoms with E-state index in [4.69, 9.17) is 0 Å². The molecule has 0 aromatic heterocycles. The van der Waals surface area contributed by atoms with Gasteiger partial charge < -0.3 is 5.32 Å². The molecule has 1 amide bonds. The summed E-state index contributed by atoms with van der Waals surface area (Å²) in [5, 5.41) is 2.82. The van der Waals surface area contributed by atoms with Crippen molar-refractivity contribution >= 4 is 33.4 Å². The lowest BCUT2D eigenvalue weighted by atomic mass is 10.1. The lowest BCUT2D eigenvalue weighted by molar-refractivity contribution is -0.119. The molecule has 0 aliphatic carbocycles. The van der Waals surface area contributed by atoms with Crippen molar-refractivity contribution in [3.05, 3.63) is 65.2 Å². The number of rotatable bonds is 10. The molecule has 0 bridgehead atoms. The summed E-state index contributed by atoms with van der Waals surface area (Å²) >= 11 is 1.83. The summed E-state index contributed by atoms with van der Waals surface area (Å²) in [5.41, 5.74) is 4.07. The van der Waals surface area contributed by atoms with Gasteiger partial charge in [-0.1, -0.05) is 36.4 Å². The minimum atomic E-state index is -3.54. The molecule has 28 heavy (non-hydrogen) atoms. The van der Waals surface area contributed by atoms with Crippen molar-refractivity contribution in [1.82, 2.24) is 5.32 Å².